The highest BCUT2D eigenvalue weighted by Crippen LogP contribution is 2.27. The van der Waals surface area contributed by atoms with Crippen molar-refractivity contribution in [1.82, 2.24) is 9.80 Å². The van der Waals surface area contributed by atoms with E-state index in [4.69, 9.17) is 0 Å². The average Bonchev–Trinajstić information content (AvgIpc) is 2.51. The van der Waals surface area contributed by atoms with Crippen LogP contribution in [0.15, 0.2) is 28.7 Å². The zero-order valence-electron chi connectivity index (χ0n) is 14.4. The molecule has 134 valence electrons. The Bertz CT molecular complexity index is 563. The Labute approximate surface area is 151 Å². The lowest BCUT2D eigenvalue weighted by molar-refractivity contribution is -0.0690. The Kier molecular flexibility index (Phi) is 6.37. The molecule has 0 N–H and O–H groups in total. The number of hydrogen-bond donors (Lipinski definition) is 0. The summed E-state index contributed by atoms with van der Waals surface area (Å²) in [5.74, 6) is -2.51. The minimum Gasteiger partial charge on any atom is -0.337 e. The molecular formula is C18H25BrF2N2O. The van der Waals surface area contributed by atoms with Crippen molar-refractivity contribution < 1.29 is 13.6 Å². The van der Waals surface area contributed by atoms with E-state index in [2.05, 4.69) is 15.9 Å². The minimum absolute atomic E-state index is 0.0382. The minimum atomic E-state index is -2.62. The molecule has 2 rings (SSSR count). The maximum absolute atomic E-state index is 13.6. The molecular weight excluding hydrogens is 378 g/mol. The van der Waals surface area contributed by atoms with E-state index in [1.165, 1.54) is 0 Å². The van der Waals surface area contributed by atoms with Gasteiger partial charge in [-0.1, -0.05) is 29.8 Å². The molecule has 1 aliphatic heterocycles. The predicted molar refractivity (Wildman–Crippen MR) is 95.5 cm³/mol. The second-order valence-corrected chi connectivity index (χ2v) is 7.84. The summed E-state index contributed by atoms with van der Waals surface area (Å²) in [6.07, 6.45) is 0.464. The summed E-state index contributed by atoms with van der Waals surface area (Å²) in [5, 5.41) is 0. The van der Waals surface area contributed by atoms with Gasteiger partial charge in [0.1, 0.15) is 0 Å². The molecule has 24 heavy (non-hydrogen) atoms. The summed E-state index contributed by atoms with van der Waals surface area (Å²) in [5.41, 5.74) is 0.607. The monoisotopic (exact) mass is 402 g/mol. The zero-order valence-corrected chi connectivity index (χ0v) is 16.0. The Morgan fingerprint density at radius 2 is 1.96 bits per heavy atom. The second kappa shape index (κ2) is 7.91. The highest BCUT2D eigenvalue weighted by Gasteiger charge is 2.37. The molecule has 1 fully saturated rings. The standard InChI is InChI=1S/C18H25BrF2N2O/c1-13(2)16(11-23-10-4-9-18(20,21)12-23)22(3)17(24)14-5-7-15(19)8-6-14/h5-8,13,16H,4,9-12H2,1-3H3. The van der Waals surface area contributed by atoms with E-state index in [1.54, 1.807) is 29.0 Å². The SMILES string of the molecule is CC(C)C(CN1CCCC(F)(F)C1)N(C)C(=O)c1ccc(Br)cc1. The quantitative estimate of drug-likeness (QED) is 0.733. The Morgan fingerprint density at radius 3 is 2.50 bits per heavy atom. The molecule has 0 radical (unpaired) electrons. The Hall–Kier alpha value is -1.01. The molecule has 1 unspecified atom stereocenters. The van der Waals surface area contributed by atoms with Gasteiger partial charge in [-0.25, -0.2) is 8.78 Å². The summed E-state index contributed by atoms with van der Waals surface area (Å²) < 4.78 is 28.2. The third-order valence-corrected chi connectivity index (χ3v) is 5.12. The maximum atomic E-state index is 13.6. The van der Waals surface area contributed by atoms with Crippen molar-refractivity contribution >= 4 is 21.8 Å². The second-order valence-electron chi connectivity index (χ2n) is 6.93. The maximum Gasteiger partial charge on any atom is 0.260 e. The number of hydrogen-bond acceptors (Lipinski definition) is 2. The normalized spacial score (nSPS) is 19.3. The number of amides is 1. The van der Waals surface area contributed by atoms with E-state index in [9.17, 15) is 13.6 Å². The van der Waals surface area contributed by atoms with Crippen molar-refractivity contribution in [2.45, 2.75) is 38.7 Å². The summed E-state index contributed by atoms with van der Waals surface area (Å²) in [6.45, 7) is 4.98. The van der Waals surface area contributed by atoms with Crippen molar-refractivity contribution in [2.24, 2.45) is 5.92 Å². The van der Waals surface area contributed by atoms with Gasteiger partial charge in [0, 0.05) is 36.1 Å². The summed E-state index contributed by atoms with van der Waals surface area (Å²) in [7, 11) is 1.76. The molecule has 1 saturated heterocycles. The number of piperidine rings is 1. The molecule has 0 bridgehead atoms. The number of benzene rings is 1. The van der Waals surface area contributed by atoms with Crippen molar-refractivity contribution in [2.75, 3.05) is 26.7 Å². The van der Waals surface area contributed by atoms with E-state index in [1.807, 2.05) is 26.0 Å². The molecule has 1 heterocycles. The first kappa shape index (κ1) is 19.3. The summed E-state index contributed by atoms with van der Waals surface area (Å²) in [4.78, 5) is 16.2. The lowest BCUT2D eigenvalue weighted by atomic mass is 9.99. The number of carbonyl (C=O) groups excluding carboxylic acids is 1. The number of alkyl halides is 2. The van der Waals surface area contributed by atoms with Gasteiger partial charge in [-0.15, -0.1) is 0 Å². The van der Waals surface area contributed by atoms with Crippen LogP contribution < -0.4 is 0 Å². The van der Waals surface area contributed by atoms with Crippen LogP contribution >= 0.6 is 15.9 Å². The molecule has 0 aromatic heterocycles. The van der Waals surface area contributed by atoms with E-state index in [0.717, 1.165) is 4.47 Å². The molecule has 0 saturated carbocycles. The number of carbonyl (C=O) groups is 1. The molecule has 1 aromatic carbocycles. The van der Waals surface area contributed by atoms with Crippen LogP contribution in [0.5, 0.6) is 0 Å². The van der Waals surface area contributed by atoms with Crippen LogP contribution in [0.25, 0.3) is 0 Å². The molecule has 1 aliphatic rings. The van der Waals surface area contributed by atoms with Crippen LogP contribution in [0.4, 0.5) is 8.78 Å². The Balaban J connectivity index is 2.08. The summed E-state index contributed by atoms with van der Waals surface area (Å²) >= 11 is 3.36. The molecule has 0 aliphatic carbocycles. The fraction of sp³-hybridized carbons (Fsp3) is 0.611. The van der Waals surface area contributed by atoms with Crippen molar-refractivity contribution in [3.05, 3.63) is 34.3 Å². The highest BCUT2D eigenvalue weighted by molar-refractivity contribution is 9.10. The number of nitrogens with zero attached hydrogens (tertiary/aromatic N) is 2. The Morgan fingerprint density at radius 1 is 1.33 bits per heavy atom. The van der Waals surface area contributed by atoms with Crippen LogP contribution in [-0.2, 0) is 0 Å². The number of likely N-dealkylation sites (N-methyl/N-ethyl adjacent to an activating group) is 1. The van der Waals surface area contributed by atoms with E-state index < -0.39 is 5.92 Å². The predicted octanol–water partition coefficient (Wildman–Crippen LogP) is 4.28. The van der Waals surface area contributed by atoms with Gasteiger partial charge in [-0.3, -0.25) is 9.69 Å². The molecule has 1 amide bonds. The molecule has 6 heteroatoms. The molecule has 1 atom stereocenters. The highest BCUT2D eigenvalue weighted by atomic mass is 79.9. The average molecular weight is 403 g/mol. The zero-order chi connectivity index (χ0) is 17.9. The fourth-order valence-electron chi connectivity index (χ4n) is 3.19. The van der Waals surface area contributed by atoms with E-state index in [-0.39, 0.29) is 30.8 Å². The van der Waals surface area contributed by atoms with Gasteiger partial charge in [-0.05, 0) is 43.1 Å². The van der Waals surface area contributed by atoms with E-state index in [0.29, 0.717) is 25.1 Å². The molecule has 3 nitrogen and oxygen atoms in total. The fourth-order valence-corrected chi connectivity index (χ4v) is 3.46. The van der Waals surface area contributed by atoms with Gasteiger partial charge in [-0.2, -0.15) is 0 Å². The van der Waals surface area contributed by atoms with Gasteiger partial charge in [0.15, 0.2) is 0 Å². The van der Waals surface area contributed by atoms with Gasteiger partial charge < -0.3 is 4.90 Å². The summed E-state index contributed by atoms with van der Waals surface area (Å²) in [6, 6.07) is 7.10. The van der Waals surface area contributed by atoms with Gasteiger partial charge in [0.25, 0.3) is 11.8 Å². The third kappa shape index (κ3) is 4.99. The topological polar surface area (TPSA) is 23.6 Å². The third-order valence-electron chi connectivity index (χ3n) is 4.60. The number of rotatable bonds is 5. The van der Waals surface area contributed by atoms with E-state index >= 15 is 0 Å². The van der Waals surface area contributed by atoms with Crippen LogP contribution in [0.2, 0.25) is 0 Å². The number of halogens is 3. The smallest absolute Gasteiger partial charge is 0.260 e. The lowest BCUT2D eigenvalue weighted by Crippen LogP contribution is -2.52. The van der Waals surface area contributed by atoms with Crippen LogP contribution in [0.3, 0.4) is 0 Å². The van der Waals surface area contributed by atoms with Crippen molar-refractivity contribution in [1.29, 1.82) is 0 Å². The first-order valence-electron chi connectivity index (χ1n) is 8.32. The molecule has 1 aromatic rings. The first-order chi connectivity index (χ1) is 11.2. The van der Waals surface area contributed by atoms with Gasteiger partial charge >= 0.3 is 0 Å². The van der Waals surface area contributed by atoms with Crippen LogP contribution in [-0.4, -0.2) is 54.4 Å². The molecule has 0 spiro atoms. The lowest BCUT2D eigenvalue weighted by Gasteiger charge is -2.39. The van der Waals surface area contributed by atoms with Crippen molar-refractivity contribution in [3.8, 4) is 0 Å². The van der Waals surface area contributed by atoms with Crippen molar-refractivity contribution in [3.63, 3.8) is 0 Å². The van der Waals surface area contributed by atoms with Gasteiger partial charge in [0.2, 0.25) is 0 Å². The van der Waals surface area contributed by atoms with Crippen LogP contribution in [0, 0.1) is 5.92 Å². The number of likely N-dealkylation sites (tertiary alicyclic amines) is 1. The van der Waals surface area contributed by atoms with Crippen LogP contribution in [0.1, 0.15) is 37.0 Å². The largest absolute Gasteiger partial charge is 0.337 e. The van der Waals surface area contributed by atoms with Gasteiger partial charge in [0.05, 0.1) is 6.54 Å². The first-order valence-corrected chi connectivity index (χ1v) is 9.12.